The highest BCUT2D eigenvalue weighted by Crippen LogP contribution is 2.48. The number of methoxy groups -OCH3 is 1. The number of hydrogen-bond donors (Lipinski definition) is 0. The first-order valence-electron chi connectivity index (χ1n) is 11.3. The zero-order valence-electron chi connectivity index (χ0n) is 19.4. The maximum absolute atomic E-state index is 6.49. The molecular weight excluding hydrogens is 350 g/mol. The van der Waals surface area contributed by atoms with E-state index in [1.807, 2.05) is 0 Å². The summed E-state index contributed by atoms with van der Waals surface area (Å²) >= 11 is 0. The molecule has 0 aromatic carbocycles. The van der Waals surface area contributed by atoms with Crippen molar-refractivity contribution in [3.8, 4) is 0 Å². The van der Waals surface area contributed by atoms with Gasteiger partial charge in [0.05, 0.1) is 19.3 Å². The van der Waals surface area contributed by atoms with Crippen LogP contribution in [0.15, 0.2) is 12.2 Å². The Morgan fingerprint density at radius 1 is 1.25 bits per heavy atom. The van der Waals surface area contributed by atoms with Gasteiger partial charge in [-0.25, -0.2) is 0 Å². The van der Waals surface area contributed by atoms with Crippen molar-refractivity contribution < 1.29 is 14.2 Å². The largest absolute Gasteiger partial charge is 0.383 e. The van der Waals surface area contributed by atoms with Crippen molar-refractivity contribution in [2.24, 2.45) is 17.3 Å². The van der Waals surface area contributed by atoms with E-state index in [0.29, 0.717) is 5.41 Å². The Kier molecular flexibility index (Phi) is 9.00. The predicted octanol–water partition coefficient (Wildman–Crippen LogP) is 5.28. The molecule has 1 saturated carbocycles. The predicted molar refractivity (Wildman–Crippen MR) is 116 cm³/mol. The molecule has 4 heteroatoms. The molecule has 4 nitrogen and oxygen atoms in total. The molecule has 2 fully saturated rings. The monoisotopic (exact) mass is 395 g/mol. The van der Waals surface area contributed by atoms with Crippen LogP contribution in [0.2, 0.25) is 0 Å². The third kappa shape index (κ3) is 7.12. The molecule has 1 heterocycles. The molecule has 2 aliphatic rings. The molecule has 1 unspecified atom stereocenters. The molecule has 1 aliphatic heterocycles. The Bertz CT molecular complexity index is 480. The second-order valence-electron chi connectivity index (χ2n) is 10.3. The lowest BCUT2D eigenvalue weighted by Gasteiger charge is -2.43. The van der Waals surface area contributed by atoms with Crippen molar-refractivity contribution in [2.75, 3.05) is 40.0 Å². The summed E-state index contributed by atoms with van der Waals surface area (Å²) < 4.78 is 18.0. The summed E-state index contributed by atoms with van der Waals surface area (Å²) in [5.74, 6) is 1.24. The fourth-order valence-electron chi connectivity index (χ4n) is 5.28. The smallest absolute Gasteiger partial charge is 0.168 e. The molecule has 0 amide bonds. The van der Waals surface area contributed by atoms with Crippen LogP contribution in [-0.4, -0.2) is 56.7 Å². The van der Waals surface area contributed by atoms with Gasteiger partial charge in [-0.1, -0.05) is 39.8 Å². The van der Waals surface area contributed by atoms with Gasteiger partial charge in [0.2, 0.25) is 0 Å². The van der Waals surface area contributed by atoms with Crippen molar-refractivity contribution in [2.45, 2.75) is 85.0 Å². The van der Waals surface area contributed by atoms with Gasteiger partial charge in [0.25, 0.3) is 0 Å². The average Bonchev–Trinajstić information content (AvgIpc) is 2.99. The van der Waals surface area contributed by atoms with Gasteiger partial charge in [0.1, 0.15) is 0 Å². The van der Waals surface area contributed by atoms with E-state index in [2.05, 4.69) is 46.1 Å². The quantitative estimate of drug-likeness (QED) is 0.446. The Morgan fingerprint density at radius 3 is 2.50 bits per heavy atom. The summed E-state index contributed by atoms with van der Waals surface area (Å²) in [4.78, 5) is 2.41. The lowest BCUT2D eigenvalue weighted by molar-refractivity contribution is -0.198. The van der Waals surface area contributed by atoms with Crippen molar-refractivity contribution in [3.63, 3.8) is 0 Å². The lowest BCUT2D eigenvalue weighted by atomic mass is 9.66. The molecule has 1 atom stereocenters. The number of hydrogen-bond acceptors (Lipinski definition) is 4. The summed E-state index contributed by atoms with van der Waals surface area (Å²) in [5.41, 5.74) is 1.61. The first kappa shape index (κ1) is 23.9. The third-order valence-electron chi connectivity index (χ3n) is 6.57. The second-order valence-corrected chi connectivity index (χ2v) is 10.3. The minimum Gasteiger partial charge on any atom is -0.383 e. The molecule has 1 aliphatic carbocycles. The minimum absolute atomic E-state index is 0.218. The van der Waals surface area contributed by atoms with Crippen molar-refractivity contribution in [1.82, 2.24) is 4.90 Å². The molecule has 0 aromatic rings. The zero-order chi connectivity index (χ0) is 20.8. The van der Waals surface area contributed by atoms with Crippen LogP contribution in [0.4, 0.5) is 0 Å². The highest BCUT2D eigenvalue weighted by Gasteiger charge is 2.46. The van der Waals surface area contributed by atoms with Crippen molar-refractivity contribution >= 4 is 0 Å². The SMILES string of the molecule is C=C(C)CN(CCOC)CCC1COC2(CCC(C(C)(C)CC(C)C)CC2)O1. The van der Waals surface area contributed by atoms with Crippen LogP contribution in [-0.2, 0) is 14.2 Å². The molecule has 28 heavy (non-hydrogen) atoms. The van der Waals surface area contributed by atoms with Gasteiger partial charge in [0.15, 0.2) is 5.79 Å². The summed E-state index contributed by atoms with van der Waals surface area (Å²) in [6.45, 7) is 20.1. The normalized spacial score (nSPS) is 28.6. The third-order valence-corrected chi connectivity index (χ3v) is 6.57. The number of rotatable bonds is 11. The van der Waals surface area contributed by atoms with Gasteiger partial charge in [0, 0.05) is 39.6 Å². The van der Waals surface area contributed by atoms with Gasteiger partial charge in [-0.15, -0.1) is 0 Å². The molecular formula is C24H45NO3. The summed E-state index contributed by atoms with van der Waals surface area (Å²) in [5, 5.41) is 0. The Morgan fingerprint density at radius 2 is 1.93 bits per heavy atom. The van der Waals surface area contributed by atoms with E-state index in [1.54, 1.807) is 7.11 Å². The van der Waals surface area contributed by atoms with Crippen LogP contribution < -0.4 is 0 Å². The van der Waals surface area contributed by atoms with Gasteiger partial charge in [-0.05, 0) is 49.9 Å². The van der Waals surface area contributed by atoms with Crippen LogP contribution >= 0.6 is 0 Å². The molecule has 1 saturated heterocycles. The molecule has 164 valence electrons. The first-order valence-corrected chi connectivity index (χ1v) is 11.3. The van der Waals surface area contributed by atoms with Crippen LogP contribution in [0.1, 0.15) is 73.1 Å². The number of nitrogens with zero attached hydrogens (tertiary/aromatic N) is 1. The maximum Gasteiger partial charge on any atom is 0.168 e. The lowest BCUT2D eigenvalue weighted by Crippen LogP contribution is -2.40. The average molecular weight is 396 g/mol. The van der Waals surface area contributed by atoms with E-state index >= 15 is 0 Å². The fraction of sp³-hybridized carbons (Fsp3) is 0.917. The van der Waals surface area contributed by atoms with Crippen LogP contribution in [0.5, 0.6) is 0 Å². The van der Waals surface area contributed by atoms with E-state index in [4.69, 9.17) is 14.2 Å². The number of ether oxygens (including phenoxy) is 3. The van der Waals surface area contributed by atoms with E-state index in [-0.39, 0.29) is 11.9 Å². The molecule has 0 radical (unpaired) electrons. The fourth-order valence-corrected chi connectivity index (χ4v) is 5.28. The Hall–Kier alpha value is -0.420. The molecule has 2 rings (SSSR count). The van der Waals surface area contributed by atoms with E-state index < -0.39 is 0 Å². The van der Waals surface area contributed by atoms with E-state index in [1.165, 1.54) is 24.8 Å². The van der Waals surface area contributed by atoms with Gasteiger partial charge in [-0.2, -0.15) is 0 Å². The van der Waals surface area contributed by atoms with E-state index in [9.17, 15) is 0 Å². The standard InChI is InChI=1S/C24H45NO3/c1-19(2)16-23(5,6)21-8-11-24(12-9-21)27-18-22(28-24)10-13-25(14-15-26-7)17-20(3)4/h19,21-22H,3,8-18H2,1-2,4-7H3. The van der Waals surface area contributed by atoms with Crippen LogP contribution in [0, 0.1) is 17.3 Å². The van der Waals surface area contributed by atoms with Crippen LogP contribution in [0.3, 0.4) is 0 Å². The highest BCUT2D eigenvalue weighted by atomic mass is 16.7. The summed E-state index contributed by atoms with van der Waals surface area (Å²) in [6.07, 6.45) is 7.08. The maximum atomic E-state index is 6.49. The topological polar surface area (TPSA) is 30.9 Å². The van der Waals surface area contributed by atoms with Crippen molar-refractivity contribution in [3.05, 3.63) is 12.2 Å². The minimum atomic E-state index is -0.305. The molecule has 1 spiro atoms. The Labute approximate surface area is 174 Å². The first-order chi connectivity index (χ1) is 13.2. The van der Waals surface area contributed by atoms with Crippen molar-refractivity contribution in [1.29, 1.82) is 0 Å². The van der Waals surface area contributed by atoms with Crippen LogP contribution in [0.25, 0.3) is 0 Å². The molecule has 0 N–H and O–H groups in total. The van der Waals surface area contributed by atoms with Gasteiger partial charge < -0.3 is 14.2 Å². The highest BCUT2D eigenvalue weighted by molar-refractivity contribution is 4.93. The van der Waals surface area contributed by atoms with Gasteiger partial charge >= 0.3 is 0 Å². The molecule has 0 aromatic heterocycles. The summed E-state index contributed by atoms with van der Waals surface area (Å²) in [7, 11) is 1.76. The van der Waals surface area contributed by atoms with Gasteiger partial charge in [-0.3, -0.25) is 4.90 Å². The Balaban J connectivity index is 1.79. The molecule has 0 bridgehead atoms. The summed E-state index contributed by atoms with van der Waals surface area (Å²) in [6, 6.07) is 0. The van der Waals surface area contributed by atoms with E-state index in [0.717, 1.165) is 63.9 Å². The zero-order valence-corrected chi connectivity index (χ0v) is 19.4. The second kappa shape index (κ2) is 10.6.